The highest BCUT2D eigenvalue weighted by molar-refractivity contribution is 8.32. The van der Waals surface area contributed by atoms with Gasteiger partial charge >= 0.3 is 12.2 Å². The molecule has 6 rings (SSSR count). The maximum atomic E-state index is 13.9. The third-order valence-electron chi connectivity index (χ3n) is 10.5. The number of carbonyl (C=O) groups excluding carboxylic acids is 4. The Morgan fingerprint density at radius 1 is 0.778 bits per heavy atom. The van der Waals surface area contributed by atoms with Crippen LogP contribution < -0.4 is 10.6 Å². The fraction of sp³-hybridized carbons (Fsp3) is 0.526. The molecule has 2 aromatic heterocycles. The van der Waals surface area contributed by atoms with Gasteiger partial charge in [0.15, 0.2) is 0 Å². The molecule has 14 nitrogen and oxygen atoms in total. The van der Waals surface area contributed by atoms with E-state index in [1.54, 1.807) is 0 Å². The molecular formula is C38H54N8O6SSi. The van der Waals surface area contributed by atoms with Crippen molar-refractivity contribution in [2.75, 3.05) is 44.5 Å². The largest absolute Gasteiger partial charge is 0.453 e. The van der Waals surface area contributed by atoms with Gasteiger partial charge in [-0.3, -0.25) is 9.59 Å². The molecule has 2 aliphatic heterocycles. The lowest BCUT2D eigenvalue weighted by Crippen LogP contribution is -2.52. The highest BCUT2D eigenvalue weighted by Gasteiger charge is 2.46. The molecule has 0 bridgehead atoms. The van der Waals surface area contributed by atoms with E-state index in [0.717, 1.165) is 56.6 Å². The zero-order chi connectivity index (χ0) is 39.3. The number of nitrogens with zero attached hydrogens (tertiary/aromatic N) is 4. The Balaban J connectivity index is 1.27. The average Bonchev–Trinajstić information content (AvgIpc) is 3.89. The zero-order valence-electron chi connectivity index (χ0n) is 32.9. The predicted octanol–water partition coefficient (Wildman–Crippen LogP) is 5.90. The minimum atomic E-state index is -1.78. The minimum Gasteiger partial charge on any atom is -0.453 e. The van der Waals surface area contributed by atoms with Gasteiger partial charge in [0.05, 0.1) is 62.3 Å². The van der Waals surface area contributed by atoms with Gasteiger partial charge in [-0.05, 0) is 65.8 Å². The summed E-state index contributed by atoms with van der Waals surface area (Å²) in [6.45, 7) is 12.2. The van der Waals surface area contributed by atoms with Gasteiger partial charge in [-0.1, -0.05) is 52.9 Å². The van der Waals surface area contributed by atoms with Crippen molar-refractivity contribution in [2.45, 2.75) is 71.0 Å². The molecule has 4 amide bonds. The van der Waals surface area contributed by atoms with Crippen LogP contribution in [0.2, 0.25) is 19.1 Å². The summed E-state index contributed by atoms with van der Waals surface area (Å²) >= 11 is 0. The Morgan fingerprint density at radius 3 is 1.93 bits per heavy atom. The van der Waals surface area contributed by atoms with Gasteiger partial charge < -0.3 is 39.9 Å². The number of ether oxygens (including phenoxy) is 2. The lowest BCUT2D eigenvalue weighted by Gasteiger charge is -2.30. The Hall–Kier alpha value is -4.57. The lowest BCUT2D eigenvalue weighted by molar-refractivity contribution is -0.135. The molecule has 0 aliphatic carbocycles. The van der Waals surface area contributed by atoms with Crippen LogP contribution >= 0.6 is 10.0 Å². The van der Waals surface area contributed by atoms with E-state index in [1.807, 2.05) is 55.7 Å². The SMILES string of the molecule is COC(=O)N[C@H](C(=O)N1C[Si](C)(C)C[C@H]1c1nc2cc(-c3ccc4nc([C@@H]5CS(C)(C)CN5C(=O)[C@@H](NC(=O)OC)C(C)C)[nH]c4c3)ccc2[nH]1)C(C)C. The van der Waals surface area contributed by atoms with Crippen molar-refractivity contribution in [3.05, 3.63) is 48.0 Å². The van der Waals surface area contributed by atoms with E-state index in [2.05, 4.69) is 64.4 Å². The van der Waals surface area contributed by atoms with Gasteiger partial charge in [0.1, 0.15) is 23.7 Å². The van der Waals surface area contributed by atoms with Gasteiger partial charge in [0.2, 0.25) is 11.8 Å². The average molecular weight is 779 g/mol. The Morgan fingerprint density at radius 2 is 1.31 bits per heavy atom. The molecule has 0 saturated carbocycles. The van der Waals surface area contributed by atoms with Crippen LogP contribution in [0, 0.1) is 11.8 Å². The lowest BCUT2D eigenvalue weighted by atomic mass is 10.0. The molecule has 2 aliphatic rings. The number of imidazole rings is 2. The molecule has 4 N–H and O–H groups in total. The quantitative estimate of drug-likeness (QED) is 0.152. The predicted molar refractivity (Wildman–Crippen MR) is 215 cm³/mol. The maximum Gasteiger partial charge on any atom is 0.407 e. The Kier molecular flexibility index (Phi) is 10.8. The van der Waals surface area contributed by atoms with Crippen LogP contribution in [0.5, 0.6) is 0 Å². The van der Waals surface area contributed by atoms with Gasteiger partial charge in [0.25, 0.3) is 0 Å². The first kappa shape index (κ1) is 39.1. The molecule has 0 radical (unpaired) electrons. The first-order valence-electron chi connectivity index (χ1n) is 18.4. The van der Waals surface area contributed by atoms with Gasteiger partial charge in [-0.25, -0.2) is 29.6 Å². The molecular weight excluding hydrogens is 725 g/mol. The number of alkyl carbamates (subject to hydrolysis) is 2. The second kappa shape index (κ2) is 14.9. The van der Waals surface area contributed by atoms with Crippen LogP contribution in [0.1, 0.15) is 51.4 Å². The second-order valence-electron chi connectivity index (χ2n) is 16.7. The molecule has 4 atom stereocenters. The summed E-state index contributed by atoms with van der Waals surface area (Å²) in [6.07, 6.45) is 3.86. The molecule has 2 saturated heterocycles. The van der Waals surface area contributed by atoms with Crippen LogP contribution in [0.15, 0.2) is 36.4 Å². The van der Waals surface area contributed by atoms with Crippen molar-refractivity contribution in [3.8, 4) is 11.1 Å². The number of carbonyl (C=O) groups is 4. The summed E-state index contributed by atoms with van der Waals surface area (Å²) in [5.74, 6) is 2.37. The number of aromatic nitrogens is 4. The molecule has 54 heavy (non-hydrogen) atoms. The summed E-state index contributed by atoms with van der Waals surface area (Å²) in [5.41, 5.74) is 5.30. The van der Waals surface area contributed by atoms with Crippen molar-refractivity contribution in [1.82, 2.24) is 40.4 Å². The molecule has 292 valence electrons. The number of benzene rings is 2. The van der Waals surface area contributed by atoms with E-state index in [9.17, 15) is 19.2 Å². The normalized spacial score (nSPS) is 21.0. The van der Waals surface area contributed by atoms with Crippen molar-refractivity contribution in [1.29, 1.82) is 0 Å². The van der Waals surface area contributed by atoms with Crippen molar-refractivity contribution < 1.29 is 28.7 Å². The van der Waals surface area contributed by atoms with Crippen LogP contribution in [0.4, 0.5) is 9.59 Å². The van der Waals surface area contributed by atoms with Crippen molar-refractivity contribution >= 4 is 64.2 Å². The Bertz CT molecular complexity index is 1930. The number of nitrogens with one attached hydrogen (secondary N) is 4. The van der Waals surface area contributed by atoms with Crippen LogP contribution in [0.25, 0.3) is 33.2 Å². The summed E-state index contributed by atoms with van der Waals surface area (Å²) in [4.78, 5) is 72.9. The van der Waals surface area contributed by atoms with Gasteiger partial charge in [0, 0.05) is 11.9 Å². The molecule has 16 heteroatoms. The standard InChI is InChI=1S/C38H54N8O6SSi/c1-21(2)31(43-37(49)51-5)35(47)45-19-53(7,8)17-29(45)33-39-25-13-11-23(15-27(25)41-33)24-12-14-26-28(16-24)42-34(40-26)30-18-54(9,10)20-46(30)36(48)32(22(3)4)44-38(50)52-6/h11-16,21-22,29-32H,17-20H2,1-10H3,(H,39,41)(H,40,42)(H,43,49)(H,44,50)/t29-,30-,31-,32-/m0/s1. The highest BCUT2D eigenvalue weighted by Crippen LogP contribution is 2.52. The summed E-state index contributed by atoms with van der Waals surface area (Å²) in [7, 11) is -0.308. The van der Waals surface area contributed by atoms with E-state index < -0.39 is 42.4 Å². The summed E-state index contributed by atoms with van der Waals surface area (Å²) < 4.78 is 9.63. The number of amides is 4. The molecule has 2 aromatic carbocycles. The third kappa shape index (κ3) is 7.95. The van der Waals surface area contributed by atoms with Crippen LogP contribution in [-0.2, 0) is 19.1 Å². The molecule has 0 unspecified atom stereocenters. The van der Waals surface area contributed by atoms with E-state index in [1.165, 1.54) is 14.2 Å². The molecule has 0 spiro atoms. The minimum absolute atomic E-state index is 0.121. The monoisotopic (exact) mass is 778 g/mol. The van der Waals surface area contributed by atoms with E-state index in [-0.39, 0.29) is 35.7 Å². The number of aromatic amines is 2. The number of rotatable bonds is 9. The number of H-pyrrole nitrogens is 2. The fourth-order valence-corrected chi connectivity index (χ4v) is 13.0. The summed E-state index contributed by atoms with van der Waals surface area (Å²) in [6, 6.07) is 11.2. The first-order valence-corrected chi connectivity index (χ1v) is 24.6. The number of methoxy groups -OCH3 is 2. The molecule has 2 fully saturated rings. The van der Waals surface area contributed by atoms with E-state index in [4.69, 9.17) is 19.4 Å². The number of fused-ring (bicyclic) bond motifs is 2. The maximum absolute atomic E-state index is 13.9. The van der Waals surface area contributed by atoms with Crippen LogP contribution in [-0.4, -0.2) is 118 Å². The third-order valence-corrected chi connectivity index (χ3v) is 15.4. The van der Waals surface area contributed by atoms with Crippen LogP contribution in [0.3, 0.4) is 0 Å². The number of hydrogen-bond donors (Lipinski definition) is 4. The Labute approximate surface area is 318 Å². The molecule has 4 aromatic rings. The van der Waals surface area contributed by atoms with Gasteiger partial charge in [-0.15, -0.1) is 0 Å². The topological polar surface area (TPSA) is 175 Å². The zero-order valence-corrected chi connectivity index (χ0v) is 34.7. The summed E-state index contributed by atoms with van der Waals surface area (Å²) in [5, 5.41) is 5.48. The first-order chi connectivity index (χ1) is 25.4. The second-order valence-corrected chi connectivity index (χ2v) is 25.8. The van der Waals surface area contributed by atoms with Crippen molar-refractivity contribution in [3.63, 3.8) is 0 Å². The van der Waals surface area contributed by atoms with E-state index >= 15 is 0 Å². The van der Waals surface area contributed by atoms with E-state index in [0.29, 0.717) is 12.0 Å². The fourth-order valence-electron chi connectivity index (χ4n) is 7.71. The van der Waals surface area contributed by atoms with Gasteiger partial charge in [-0.2, -0.15) is 0 Å². The smallest absolute Gasteiger partial charge is 0.407 e. The molecule has 4 heterocycles. The van der Waals surface area contributed by atoms with Crippen molar-refractivity contribution in [2.24, 2.45) is 11.8 Å². The number of hydrogen-bond acceptors (Lipinski definition) is 8. The highest BCUT2D eigenvalue weighted by atomic mass is 32.3.